The SMILES string of the molecule is Fc1ccc(-c2nn3c(c2-c2ccncc2)CCCC3)cc1. The highest BCUT2D eigenvalue weighted by atomic mass is 19.1. The molecule has 0 unspecified atom stereocenters. The fourth-order valence-electron chi connectivity index (χ4n) is 3.12. The minimum Gasteiger partial charge on any atom is -0.268 e. The first-order valence-corrected chi connectivity index (χ1v) is 7.59. The topological polar surface area (TPSA) is 30.7 Å². The van der Waals surface area contributed by atoms with Gasteiger partial charge in [0.15, 0.2) is 0 Å². The largest absolute Gasteiger partial charge is 0.268 e. The summed E-state index contributed by atoms with van der Waals surface area (Å²) in [5.41, 5.74) is 5.45. The van der Waals surface area contributed by atoms with Crippen LogP contribution < -0.4 is 0 Å². The Morgan fingerprint density at radius 2 is 1.68 bits per heavy atom. The van der Waals surface area contributed by atoms with Crippen molar-refractivity contribution in [2.24, 2.45) is 0 Å². The van der Waals surface area contributed by atoms with Gasteiger partial charge in [-0.05, 0) is 61.2 Å². The van der Waals surface area contributed by atoms with E-state index in [0.717, 1.165) is 41.8 Å². The number of aryl methyl sites for hydroxylation is 1. The van der Waals surface area contributed by atoms with E-state index in [2.05, 4.69) is 9.67 Å². The molecule has 3 nitrogen and oxygen atoms in total. The van der Waals surface area contributed by atoms with Crippen molar-refractivity contribution in [3.63, 3.8) is 0 Å². The molecule has 3 aromatic rings. The number of pyridine rings is 1. The van der Waals surface area contributed by atoms with Crippen LogP contribution in [0.4, 0.5) is 4.39 Å². The summed E-state index contributed by atoms with van der Waals surface area (Å²) in [5.74, 6) is -0.224. The van der Waals surface area contributed by atoms with Gasteiger partial charge in [-0.1, -0.05) is 0 Å². The van der Waals surface area contributed by atoms with Crippen LogP contribution in [0.2, 0.25) is 0 Å². The normalized spacial score (nSPS) is 13.9. The van der Waals surface area contributed by atoms with E-state index in [0.29, 0.717) is 0 Å². The highest BCUT2D eigenvalue weighted by Crippen LogP contribution is 2.36. The summed E-state index contributed by atoms with van der Waals surface area (Å²) < 4.78 is 15.3. The van der Waals surface area contributed by atoms with E-state index in [9.17, 15) is 4.39 Å². The molecule has 0 saturated carbocycles. The molecule has 1 aliphatic heterocycles. The fourth-order valence-corrected chi connectivity index (χ4v) is 3.12. The predicted molar refractivity (Wildman–Crippen MR) is 83.8 cm³/mol. The van der Waals surface area contributed by atoms with E-state index in [-0.39, 0.29) is 5.82 Å². The summed E-state index contributed by atoms with van der Waals surface area (Å²) in [6.07, 6.45) is 6.99. The molecule has 0 fully saturated rings. The molecule has 0 bridgehead atoms. The average molecular weight is 293 g/mol. The zero-order valence-corrected chi connectivity index (χ0v) is 12.2. The van der Waals surface area contributed by atoms with Crippen molar-refractivity contribution in [3.05, 3.63) is 60.3 Å². The molecule has 22 heavy (non-hydrogen) atoms. The lowest BCUT2D eigenvalue weighted by atomic mass is 9.96. The van der Waals surface area contributed by atoms with Gasteiger partial charge in [-0.3, -0.25) is 9.67 Å². The van der Waals surface area contributed by atoms with Crippen LogP contribution >= 0.6 is 0 Å². The van der Waals surface area contributed by atoms with Crippen molar-refractivity contribution < 1.29 is 4.39 Å². The van der Waals surface area contributed by atoms with E-state index in [1.54, 1.807) is 24.5 Å². The van der Waals surface area contributed by atoms with Crippen molar-refractivity contribution in [2.45, 2.75) is 25.8 Å². The maximum absolute atomic E-state index is 13.2. The lowest BCUT2D eigenvalue weighted by molar-refractivity contribution is 0.487. The van der Waals surface area contributed by atoms with Gasteiger partial charge in [0, 0.05) is 35.8 Å². The zero-order chi connectivity index (χ0) is 14.9. The van der Waals surface area contributed by atoms with Gasteiger partial charge < -0.3 is 0 Å². The molecule has 1 aliphatic rings. The van der Waals surface area contributed by atoms with Crippen LogP contribution in [-0.2, 0) is 13.0 Å². The van der Waals surface area contributed by atoms with Crippen LogP contribution in [0.1, 0.15) is 18.5 Å². The Morgan fingerprint density at radius 3 is 2.45 bits per heavy atom. The first-order valence-electron chi connectivity index (χ1n) is 7.59. The van der Waals surface area contributed by atoms with Gasteiger partial charge in [-0.2, -0.15) is 5.10 Å². The molecule has 0 N–H and O–H groups in total. The summed E-state index contributed by atoms with van der Waals surface area (Å²) in [6, 6.07) is 10.6. The number of hydrogen-bond acceptors (Lipinski definition) is 2. The van der Waals surface area contributed by atoms with Gasteiger partial charge in [0.25, 0.3) is 0 Å². The molecule has 0 spiro atoms. The second-order valence-corrected chi connectivity index (χ2v) is 5.59. The number of benzene rings is 1. The summed E-state index contributed by atoms with van der Waals surface area (Å²) in [6.45, 7) is 0.953. The molecule has 3 heterocycles. The van der Waals surface area contributed by atoms with Gasteiger partial charge >= 0.3 is 0 Å². The van der Waals surface area contributed by atoms with Gasteiger partial charge in [-0.15, -0.1) is 0 Å². The molecule has 0 aliphatic carbocycles. The number of halogens is 1. The first-order chi connectivity index (χ1) is 10.8. The summed E-state index contributed by atoms with van der Waals surface area (Å²) in [5, 5.41) is 4.80. The van der Waals surface area contributed by atoms with Gasteiger partial charge in [0.05, 0.1) is 0 Å². The molecule has 4 heteroatoms. The maximum Gasteiger partial charge on any atom is 0.123 e. The number of aromatic nitrogens is 3. The van der Waals surface area contributed by atoms with E-state index in [4.69, 9.17) is 5.10 Å². The van der Waals surface area contributed by atoms with Crippen LogP contribution in [0.15, 0.2) is 48.8 Å². The number of fused-ring (bicyclic) bond motifs is 1. The third-order valence-corrected chi connectivity index (χ3v) is 4.18. The minimum absolute atomic E-state index is 0.224. The molecule has 4 rings (SSSR count). The van der Waals surface area contributed by atoms with Crippen molar-refractivity contribution in [3.8, 4) is 22.4 Å². The lowest BCUT2D eigenvalue weighted by Gasteiger charge is -2.14. The van der Waals surface area contributed by atoms with Crippen molar-refractivity contribution >= 4 is 0 Å². The smallest absolute Gasteiger partial charge is 0.123 e. The van der Waals surface area contributed by atoms with E-state index in [1.165, 1.54) is 24.2 Å². The Hall–Kier alpha value is -2.49. The summed E-state index contributed by atoms with van der Waals surface area (Å²) in [4.78, 5) is 4.10. The highest BCUT2D eigenvalue weighted by molar-refractivity contribution is 5.82. The summed E-state index contributed by atoms with van der Waals surface area (Å²) >= 11 is 0. The molecule has 1 aromatic carbocycles. The summed E-state index contributed by atoms with van der Waals surface area (Å²) in [7, 11) is 0. The van der Waals surface area contributed by atoms with Gasteiger partial charge in [-0.25, -0.2) is 4.39 Å². The average Bonchev–Trinajstić information content (AvgIpc) is 2.96. The van der Waals surface area contributed by atoms with Crippen LogP contribution in [-0.4, -0.2) is 14.8 Å². The lowest BCUT2D eigenvalue weighted by Crippen LogP contribution is -2.11. The molecular formula is C18H16FN3. The monoisotopic (exact) mass is 293 g/mol. The van der Waals surface area contributed by atoms with Crippen molar-refractivity contribution in [1.29, 1.82) is 0 Å². The molecular weight excluding hydrogens is 277 g/mol. The second-order valence-electron chi connectivity index (χ2n) is 5.59. The van der Waals surface area contributed by atoms with Crippen LogP contribution in [0.25, 0.3) is 22.4 Å². The highest BCUT2D eigenvalue weighted by Gasteiger charge is 2.22. The fraction of sp³-hybridized carbons (Fsp3) is 0.222. The van der Waals surface area contributed by atoms with Gasteiger partial charge in [0.2, 0.25) is 0 Å². The van der Waals surface area contributed by atoms with Gasteiger partial charge in [0.1, 0.15) is 11.5 Å². The number of rotatable bonds is 2. The van der Waals surface area contributed by atoms with E-state index in [1.807, 2.05) is 12.1 Å². The Bertz CT molecular complexity index is 791. The molecule has 0 radical (unpaired) electrons. The van der Waals surface area contributed by atoms with E-state index < -0.39 is 0 Å². The minimum atomic E-state index is -0.224. The Labute approximate surface area is 128 Å². The zero-order valence-electron chi connectivity index (χ0n) is 12.2. The van der Waals surface area contributed by atoms with Crippen LogP contribution in [0.3, 0.4) is 0 Å². The quantitative estimate of drug-likeness (QED) is 0.712. The second kappa shape index (κ2) is 5.37. The van der Waals surface area contributed by atoms with Crippen LogP contribution in [0.5, 0.6) is 0 Å². The standard InChI is InChI=1S/C18H16FN3/c19-15-6-4-14(5-7-15)18-17(13-8-10-20-11-9-13)16-3-1-2-12-22(16)21-18/h4-11H,1-3,12H2. The molecule has 0 amide bonds. The number of hydrogen-bond donors (Lipinski definition) is 0. The third kappa shape index (κ3) is 2.21. The van der Waals surface area contributed by atoms with Crippen molar-refractivity contribution in [2.75, 3.05) is 0 Å². The molecule has 2 aromatic heterocycles. The molecule has 0 saturated heterocycles. The predicted octanol–water partition coefficient (Wildman–Crippen LogP) is 4.09. The Morgan fingerprint density at radius 1 is 0.909 bits per heavy atom. The van der Waals surface area contributed by atoms with Crippen molar-refractivity contribution in [1.82, 2.24) is 14.8 Å². The first kappa shape index (κ1) is 13.2. The molecule has 110 valence electrons. The van der Waals surface area contributed by atoms with E-state index >= 15 is 0 Å². The Balaban J connectivity index is 1.94. The molecule has 0 atom stereocenters. The number of nitrogens with zero attached hydrogens (tertiary/aromatic N) is 3. The maximum atomic E-state index is 13.2. The third-order valence-electron chi connectivity index (χ3n) is 4.18. The van der Waals surface area contributed by atoms with Crippen LogP contribution in [0, 0.1) is 5.82 Å². The Kier molecular flexibility index (Phi) is 3.22.